The minimum absolute atomic E-state index is 0.213. The molecule has 2 aromatic rings. The normalized spacial score (nSPS) is 23.2. The van der Waals surface area contributed by atoms with E-state index >= 15 is 0 Å². The SMILES string of the molecule is COc1cc(CN(C)[C@H]2C[C@H]3CNC(=O)C[C@H]3C2)ccc1OCc1cccc(C)c1. The molecule has 160 valence electrons. The van der Waals surface area contributed by atoms with E-state index in [1.807, 2.05) is 6.07 Å². The second kappa shape index (κ2) is 9.09. The molecule has 1 aliphatic carbocycles. The van der Waals surface area contributed by atoms with E-state index in [0.29, 0.717) is 30.9 Å². The summed E-state index contributed by atoms with van der Waals surface area (Å²) in [4.78, 5) is 14.1. The van der Waals surface area contributed by atoms with Crippen LogP contribution in [0.5, 0.6) is 11.5 Å². The van der Waals surface area contributed by atoms with Crippen LogP contribution < -0.4 is 14.8 Å². The third kappa shape index (κ3) is 4.78. The standard InChI is InChI=1S/C25H32N2O3/c1-17-5-4-6-19(9-17)16-30-23-8-7-18(10-24(23)29-3)15-27(2)22-11-20-13-25(28)26-14-21(20)12-22/h4-10,20-22H,11-16H2,1-3H3,(H,26,28)/t20-,21+,22-/m1/s1. The molecular weight excluding hydrogens is 376 g/mol. The molecule has 0 unspecified atom stereocenters. The van der Waals surface area contributed by atoms with Crippen molar-refractivity contribution in [3.8, 4) is 11.5 Å². The Morgan fingerprint density at radius 3 is 2.70 bits per heavy atom. The van der Waals surface area contributed by atoms with Gasteiger partial charge in [-0.2, -0.15) is 0 Å². The predicted octanol–water partition coefficient (Wildman–Crippen LogP) is 3.93. The lowest BCUT2D eigenvalue weighted by Crippen LogP contribution is -2.38. The topological polar surface area (TPSA) is 50.8 Å². The molecular formula is C25H32N2O3. The average molecular weight is 409 g/mol. The number of aryl methyl sites for hydroxylation is 1. The van der Waals surface area contributed by atoms with Gasteiger partial charge in [-0.3, -0.25) is 9.69 Å². The first-order valence-electron chi connectivity index (χ1n) is 10.8. The second-order valence-corrected chi connectivity index (χ2v) is 8.83. The molecule has 0 spiro atoms. The van der Waals surface area contributed by atoms with Gasteiger partial charge in [-0.25, -0.2) is 0 Å². The molecule has 0 radical (unpaired) electrons. The summed E-state index contributed by atoms with van der Waals surface area (Å²) in [5.41, 5.74) is 3.59. The first-order chi connectivity index (χ1) is 14.5. The number of rotatable bonds is 7. The van der Waals surface area contributed by atoms with Gasteiger partial charge in [-0.05, 0) is 61.9 Å². The van der Waals surface area contributed by atoms with E-state index in [2.05, 4.69) is 60.6 Å². The molecule has 30 heavy (non-hydrogen) atoms. The number of piperidine rings is 1. The average Bonchev–Trinajstić information content (AvgIpc) is 3.16. The van der Waals surface area contributed by atoms with Gasteiger partial charge >= 0.3 is 0 Å². The van der Waals surface area contributed by atoms with Gasteiger partial charge in [0.25, 0.3) is 0 Å². The molecule has 4 rings (SSSR count). The first-order valence-corrected chi connectivity index (χ1v) is 10.8. The van der Waals surface area contributed by atoms with Crippen molar-refractivity contribution in [1.82, 2.24) is 10.2 Å². The van der Waals surface area contributed by atoms with Gasteiger partial charge in [-0.15, -0.1) is 0 Å². The van der Waals surface area contributed by atoms with Crippen LogP contribution in [-0.4, -0.2) is 37.6 Å². The third-order valence-electron chi connectivity index (χ3n) is 6.59. The predicted molar refractivity (Wildman–Crippen MR) is 118 cm³/mol. The molecule has 0 aromatic heterocycles. The second-order valence-electron chi connectivity index (χ2n) is 8.83. The Bertz CT molecular complexity index is 898. The zero-order valence-corrected chi connectivity index (χ0v) is 18.2. The molecule has 2 aromatic carbocycles. The van der Waals surface area contributed by atoms with Gasteiger partial charge in [0.05, 0.1) is 7.11 Å². The van der Waals surface area contributed by atoms with Crippen LogP contribution in [0.2, 0.25) is 0 Å². The van der Waals surface area contributed by atoms with Crippen LogP contribution in [-0.2, 0) is 17.9 Å². The highest BCUT2D eigenvalue weighted by molar-refractivity contribution is 5.77. The fraction of sp³-hybridized carbons (Fsp3) is 0.480. The van der Waals surface area contributed by atoms with Crippen molar-refractivity contribution in [2.45, 2.75) is 45.4 Å². The number of methoxy groups -OCH3 is 1. The summed E-state index contributed by atoms with van der Waals surface area (Å²) in [6, 6.07) is 15.1. The van der Waals surface area contributed by atoms with Crippen LogP contribution in [0.1, 0.15) is 36.0 Å². The largest absolute Gasteiger partial charge is 0.493 e. The molecule has 1 N–H and O–H groups in total. The van der Waals surface area contributed by atoms with Gasteiger partial charge in [0.15, 0.2) is 11.5 Å². The lowest BCUT2D eigenvalue weighted by Gasteiger charge is -2.25. The maximum absolute atomic E-state index is 11.7. The molecule has 1 aliphatic heterocycles. The monoisotopic (exact) mass is 408 g/mol. The van der Waals surface area contributed by atoms with Crippen LogP contribution in [0.25, 0.3) is 0 Å². The summed E-state index contributed by atoms with van der Waals surface area (Å²) in [5.74, 6) is 2.91. The van der Waals surface area contributed by atoms with E-state index in [-0.39, 0.29) is 5.91 Å². The number of amides is 1. The molecule has 3 atom stereocenters. The number of nitrogens with zero attached hydrogens (tertiary/aromatic N) is 1. The summed E-state index contributed by atoms with van der Waals surface area (Å²) < 4.78 is 11.6. The Morgan fingerprint density at radius 1 is 1.07 bits per heavy atom. The molecule has 1 amide bonds. The van der Waals surface area contributed by atoms with Crippen LogP contribution in [0.3, 0.4) is 0 Å². The van der Waals surface area contributed by atoms with Gasteiger partial charge in [-0.1, -0.05) is 35.9 Å². The number of carbonyl (C=O) groups is 1. The van der Waals surface area contributed by atoms with Crippen LogP contribution >= 0.6 is 0 Å². The van der Waals surface area contributed by atoms with Crippen molar-refractivity contribution in [1.29, 1.82) is 0 Å². The highest BCUT2D eigenvalue weighted by Crippen LogP contribution is 2.39. The number of fused-ring (bicyclic) bond motifs is 1. The third-order valence-corrected chi connectivity index (χ3v) is 6.59. The smallest absolute Gasteiger partial charge is 0.220 e. The molecule has 1 heterocycles. The maximum Gasteiger partial charge on any atom is 0.220 e. The molecule has 1 saturated heterocycles. The lowest BCUT2D eigenvalue weighted by atomic mass is 9.89. The van der Waals surface area contributed by atoms with E-state index < -0.39 is 0 Å². The van der Waals surface area contributed by atoms with E-state index in [1.165, 1.54) is 11.1 Å². The number of carbonyl (C=O) groups excluding carboxylic acids is 1. The Hall–Kier alpha value is -2.53. The van der Waals surface area contributed by atoms with Crippen molar-refractivity contribution in [2.75, 3.05) is 20.7 Å². The minimum atomic E-state index is 0.213. The summed E-state index contributed by atoms with van der Waals surface area (Å²) in [6.07, 6.45) is 2.97. The Labute approximate surface area is 179 Å². The fourth-order valence-electron chi connectivity index (χ4n) is 4.90. The number of benzene rings is 2. The van der Waals surface area contributed by atoms with Gasteiger partial charge in [0.1, 0.15) is 6.61 Å². The summed E-state index contributed by atoms with van der Waals surface area (Å²) in [7, 11) is 3.87. The molecule has 0 bridgehead atoms. The Kier molecular flexibility index (Phi) is 6.28. The van der Waals surface area contributed by atoms with Crippen molar-refractivity contribution < 1.29 is 14.3 Å². The van der Waals surface area contributed by atoms with Gasteiger partial charge in [0.2, 0.25) is 5.91 Å². The Morgan fingerprint density at radius 2 is 1.90 bits per heavy atom. The van der Waals surface area contributed by atoms with E-state index in [9.17, 15) is 4.79 Å². The molecule has 5 nitrogen and oxygen atoms in total. The zero-order valence-electron chi connectivity index (χ0n) is 18.2. The van der Waals surface area contributed by atoms with Crippen molar-refractivity contribution in [3.63, 3.8) is 0 Å². The quantitative estimate of drug-likeness (QED) is 0.754. The summed E-state index contributed by atoms with van der Waals surface area (Å²) in [5, 5.41) is 3.02. The fourth-order valence-corrected chi connectivity index (χ4v) is 4.90. The van der Waals surface area contributed by atoms with Gasteiger partial charge < -0.3 is 14.8 Å². The Balaban J connectivity index is 1.37. The van der Waals surface area contributed by atoms with Crippen LogP contribution in [0.15, 0.2) is 42.5 Å². The molecule has 2 fully saturated rings. The molecule has 5 heteroatoms. The molecule has 1 saturated carbocycles. The van der Waals surface area contributed by atoms with E-state index in [1.54, 1.807) is 7.11 Å². The van der Waals surface area contributed by atoms with E-state index in [4.69, 9.17) is 9.47 Å². The number of ether oxygens (including phenoxy) is 2. The summed E-state index contributed by atoms with van der Waals surface area (Å²) >= 11 is 0. The highest BCUT2D eigenvalue weighted by Gasteiger charge is 2.39. The molecule has 2 aliphatic rings. The zero-order chi connectivity index (χ0) is 21.1. The maximum atomic E-state index is 11.7. The van der Waals surface area contributed by atoms with Crippen molar-refractivity contribution >= 4 is 5.91 Å². The van der Waals surface area contributed by atoms with Gasteiger partial charge in [0, 0.05) is 25.6 Å². The first kappa shape index (κ1) is 20.7. The van der Waals surface area contributed by atoms with E-state index in [0.717, 1.165) is 43.0 Å². The number of hydrogen-bond donors (Lipinski definition) is 1. The van der Waals surface area contributed by atoms with Crippen LogP contribution in [0.4, 0.5) is 0 Å². The summed E-state index contributed by atoms with van der Waals surface area (Å²) in [6.45, 7) is 4.31. The number of nitrogens with one attached hydrogen (secondary N) is 1. The lowest BCUT2D eigenvalue weighted by molar-refractivity contribution is -0.124. The highest BCUT2D eigenvalue weighted by atomic mass is 16.5. The minimum Gasteiger partial charge on any atom is -0.493 e. The number of hydrogen-bond acceptors (Lipinski definition) is 4. The van der Waals surface area contributed by atoms with Crippen molar-refractivity contribution in [2.24, 2.45) is 11.8 Å². The van der Waals surface area contributed by atoms with Crippen LogP contribution in [0, 0.1) is 18.8 Å². The van der Waals surface area contributed by atoms with Crippen molar-refractivity contribution in [3.05, 3.63) is 59.2 Å².